The molecule has 0 radical (unpaired) electrons. The number of benzene rings is 1. The minimum atomic E-state index is 0.286. The molecule has 0 bridgehead atoms. The number of methoxy groups -OCH3 is 1. The number of piperidine rings is 1. The van der Waals surface area contributed by atoms with Crippen LogP contribution < -0.4 is 14.5 Å². The monoisotopic (exact) mass is 384 g/mol. The number of hydrogen-bond acceptors (Lipinski definition) is 7. The van der Waals surface area contributed by atoms with Gasteiger partial charge < -0.3 is 14.5 Å². The summed E-state index contributed by atoms with van der Waals surface area (Å²) >= 11 is 6.04. The van der Waals surface area contributed by atoms with Gasteiger partial charge in [-0.3, -0.25) is 4.98 Å². The Bertz CT molecular complexity index is 952. The summed E-state index contributed by atoms with van der Waals surface area (Å²) in [5, 5.41) is 0.669. The van der Waals surface area contributed by atoms with E-state index in [-0.39, 0.29) is 6.04 Å². The summed E-state index contributed by atoms with van der Waals surface area (Å²) < 4.78 is 5.22. The maximum atomic E-state index is 6.04. The molecule has 27 heavy (non-hydrogen) atoms. The van der Waals surface area contributed by atoms with Crippen molar-refractivity contribution >= 4 is 34.4 Å². The molecule has 140 valence electrons. The third-order valence-electron chi connectivity index (χ3n) is 4.90. The van der Waals surface area contributed by atoms with Crippen LogP contribution in [0.25, 0.3) is 11.0 Å². The molecule has 1 saturated heterocycles. The summed E-state index contributed by atoms with van der Waals surface area (Å²) in [4.78, 5) is 22.5. The summed E-state index contributed by atoms with van der Waals surface area (Å²) in [7, 11) is 3.64. The summed E-state index contributed by atoms with van der Waals surface area (Å²) in [6.45, 7) is 1.79. The zero-order valence-corrected chi connectivity index (χ0v) is 16.1. The van der Waals surface area contributed by atoms with Crippen LogP contribution in [0.15, 0.2) is 36.7 Å². The Balaban J connectivity index is 1.54. The molecule has 1 aromatic carbocycles. The summed E-state index contributed by atoms with van der Waals surface area (Å²) in [5.74, 6) is 2.12. The van der Waals surface area contributed by atoms with E-state index >= 15 is 0 Å². The molecule has 1 aliphatic rings. The molecule has 0 saturated carbocycles. The van der Waals surface area contributed by atoms with Gasteiger partial charge in [-0.15, -0.1) is 0 Å². The van der Waals surface area contributed by atoms with Gasteiger partial charge in [0.15, 0.2) is 0 Å². The average Bonchev–Trinajstić information content (AvgIpc) is 2.73. The molecule has 0 spiro atoms. The molecule has 2 aromatic heterocycles. The van der Waals surface area contributed by atoms with E-state index in [1.807, 2.05) is 31.4 Å². The number of ether oxygens (including phenoxy) is 1. The topological polar surface area (TPSA) is 67.3 Å². The van der Waals surface area contributed by atoms with Crippen molar-refractivity contribution in [1.82, 2.24) is 19.9 Å². The predicted molar refractivity (Wildman–Crippen MR) is 107 cm³/mol. The van der Waals surface area contributed by atoms with E-state index in [1.165, 1.54) is 0 Å². The molecule has 7 nitrogen and oxygen atoms in total. The first-order valence-corrected chi connectivity index (χ1v) is 9.29. The number of likely N-dealkylation sites (N-methyl/N-ethyl adjacent to an activating group) is 1. The van der Waals surface area contributed by atoms with Gasteiger partial charge in [-0.05, 0) is 31.0 Å². The van der Waals surface area contributed by atoms with Gasteiger partial charge in [0.1, 0.15) is 5.82 Å². The van der Waals surface area contributed by atoms with E-state index in [1.54, 1.807) is 19.4 Å². The van der Waals surface area contributed by atoms with E-state index in [4.69, 9.17) is 21.3 Å². The van der Waals surface area contributed by atoms with E-state index in [0.29, 0.717) is 16.9 Å². The first-order chi connectivity index (χ1) is 13.1. The molecule has 0 aliphatic carbocycles. The fraction of sp³-hybridized carbons (Fsp3) is 0.368. The van der Waals surface area contributed by atoms with Crippen LogP contribution in [-0.4, -0.2) is 53.2 Å². The SMILES string of the molecule is COc1ccnc(N(C)C2CCCN(c3cnc4cc(Cl)ccc4n3)C2)n1. The molecule has 4 rings (SSSR count). The molecule has 8 heteroatoms. The van der Waals surface area contributed by atoms with Gasteiger partial charge in [0.05, 0.1) is 24.3 Å². The highest BCUT2D eigenvalue weighted by Gasteiger charge is 2.26. The zero-order valence-electron chi connectivity index (χ0n) is 15.3. The van der Waals surface area contributed by atoms with Gasteiger partial charge >= 0.3 is 0 Å². The van der Waals surface area contributed by atoms with Crippen LogP contribution >= 0.6 is 11.6 Å². The van der Waals surface area contributed by atoms with E-state index in [2.05, 4.69) is 24.8 Å². The highest BCUT2D eigenvalue weighted by molar-refractivity contribution is 6.31. The lowest BCUT2D eigenvalue weighted by Crippen LogP contribution is -2.47. The summed E-state index contributed by atoms with van der Waals surface area (Å²) in [6.07, 6.45) is 5.69. The van der Waals surface area contributed by atoms with Crippen molar-refractivity contribution in [2.24, 2.45) is 0 Å². The predicted octanol–water partition coefficient (Wildman–Crippen LogP) is 3.19. The number of fused-ring (bicyclic) bond motifs is 1. The fourth-order valence-corrected chi connectivity index (χ4v) is 3.55. The zero-order chi connectivity index (χ0) is 18.8. The second kappa shape index (κ2) is 7.52. The van der Waals surface area contributed by atoms with Crippen LogP contribution in [0.5, 0.6) is 5.88 Å². The molecule has 3 heterocycles. The van der Waals surface area contributed by atoms with Gasteiger partial charge in [-0.25, -0.2) is 9.97 Å². The lowest BCUT2D eigenvalue weighted by atomic mass is 10.0. The molecule has 3 aromatic rings. The normalized spacial score (nSPS) is 17.1. The highest BCUT2D eigenvalue weighted by Crippen LogP contribution is 2.25. The molecular weight excluding hydrogens is 364 g/mol. The minimum absolute atomic E-state index is 0.286. The van der Waals surface area contributed by atoms with Crippen molar-refractivity contribution in [3.63, 3.8) is 0 Å². The third-order valence-corrected chi connectivity index (χ3v) is 5.14. The Hall–Kier alpha value is -2.67. The van der Waals surface area contributed by atoms with Gasteiger partial charge in [0, 0.05) is 43.5 Å². The Kier molecular flexibility index (Phi) is 4.94. The van der Waals surface area contributed by atoms with Crippen molar-refractivity contribution in [3.8, 4) is 5.88 Å². The Morgan fingerprint density at radius 2 is 2.07 bits per heavy atom. The first kappa shape index (κ1) is 17.7. The number of anilines is 2. The molecule has 1 atom stereocenters. The fourth-order valence-electron chi connectivity index (χ4n) is 3.38. The number of nitrogens with zero attached hydrogens (tertiary/aromatic N) is 6. The molecule has 1 fully saturated rings. The van der Waals surface area contributed by atoms with Crippen LogP contribution in [0.4, 0.5) is 11.8 Å². The van der Waals surface area contributed by atoms with E-state index < -0.39 is 0 Å². The molecule has 0 amide bonds. The maximum Gasteiger partial charge on any atom is 0.228 e. The van der Waals surface area contributed by atoms with Crippen LogP contribution in [0.1, 0.15) is 12.8 Å². The smallest absolute Gasteiger partial charge is 0.228 e. The Morgan fingerprint density at radius 3 is 2.93 bits per heavy atom. The minimum Gasteiger partial charge on any atom is -0.481 e. The molecule has 0 N–H and O–H groups in total. The van der Waals surface area contributed by atoms with E-state index in [0.717, 1.165) is 42.8 Å². The standard InChI is InChI=1S/C19H21ClN6O/c1-25(19-21-8-7-18(24-19)27-2)14-4-3-9-26(12-14)17-11-22-16-10-13(20)5-6-15(16)23-17/h5-8,10-11,14H,3-4,9,12H2,1-2H3. The second-order valence-corrected chi connectivity index (χ2v) is 7.05. The van der Waals surface area contributed by atoms with Gasteiger partial charge in [-0.1, -0.05) is 11.6 Å². The van der Waals surface area contributed by atoms with Crippen molar-refractivity contribution in [3.05, 3.63) is 41.7 Å². The number of halogens is 1. The van der Waals surface area contributed by atoms with Crippen LogP contribution in [0.3, 0.4) is 0 Å². The van der Waals surface area contributed by atoms with Crippen molar-refractivity contribution in [2.75, 3.05) is 37.0 Å². The largest absolute Gasteiger partial charge is 0.481 e. The van der Waals surface area contributed by atoms with Gasteiger partial charge in [0.25, 0.3) is 0 Å². The Morgan fingerprint density at radius 1 is 1.19 bits per heavy atom. The molecule has 1 unspecified atom stereocenters. The lowest BCUT2D eigenvalue weighted by Gasteiger charge is -2.38. The van der Waals surface area contributed by atoms with Crippen molar-refractivity contribution in [2.45, 2.75) is 18.9 Å². The van der Waals surface area contributed by atoms with Crippen LogP contribution in [-0.2, 0) is 0 Å². The van der Waals surface area contributed by atoms with Crippen LogP contribution in [0.2, 0.25) is 5.02 Å². The quantitative estimate of drug-likeness (QED) is 0.684. The van der Waals surface area contributed by atoms with Gasteiger partial charge in [0.2, 0.25) is 11.8 Å². The van der Waals surface area contributed by atoms with Crippen molar-refractivity contribution in [1.29, 1.82) is 0 Å². The molecular formula is C19H21ClN6O. The number of hydrogen-bond donors (Lipinski definition) is 0. The van der Waals surface area contributed by atoms with Gasteiger partial charge in [-0.2, -0.15) is 4.98 Å². The number of rotatable bonds is 4. The third kappa shape index (κ3) is 3.73. The lowest BCUT2D eigenvalue weighted by molar-refractivity contribution is 0.395. The average molecular weight is 385 g/mol. The van der Waals surface area contributed by atoms with Crippen molar-refractivity contribution < 1.29 is 4.74 Å². The summed E-state index contributed by atoms with van der Waals surface area (Å²) in [5.41, 5.74) is 1.66. The molecule has 1 aliphatic heterocycles. The van der Waals surface area contributed by atoms with E-state index in [9.17, 15) is 0 Å². The maximum absolute atomic E-state index is 6.04. The second-order valence-electron chi connectivity index (χ2n) is 6.61. The highest BCUT2D eigenvalue weighted by atomic mass is 35.5. The summed E-state index contributed by atoms with van der Waals surface area (Å²) in [6, 6.07) is 7.62. The van der Waals surface area contributed by atoms with Crippen LogP contribution in [0, 0.1) is 0 Å². The number of aromatic nitrogens is 4. The Labute approximate surface area is 163 Å². The first-order valence-electron chi connectivity index (χ1n) is 8.91.